The Morgan fingerprint density at radius 3 is 2.72 bits per heavy atom. The Bertz CT molecular complexity index is 995. The van der Waals surface area contributed by atoms with Gasteiger partial charge in [-0.25, -0.2) is 19.7 Å². The van der Waals surface area contributed by atoms with Gasteiger partial charge in [0.15, 0.2) is 0 Å². The van der Waals surface area contributed by atoms with Gasteiger partial charge in [0.05, 0.1) is 31.6 Å². The highest BCUT2D eigenvalue weighted by Crippen LogP contribution is 2.41. The summed E-state index contributed by atoms with van der Waals surface area (Å²) in [6, 6.07) is 0.546. The Kier molecular flexibility index (Phi) is 5.41. The van der Waals surface area contributed by atoms with Crippen LogP contribution in [0.25, 0.3) is 11.3 Å². The minimum Gasteiger partial charge on any atom is -0.449 e. The van der Waals surface area contributed by atoms with Gasteiger partial charge in [0, 0.05) is 42.7 Å². The molecule has 11 nitrogen and oxygen atoms in total. The van der Waals surface area contributed by atoms with Crippen LogP contribution in [0.3, 0.4) is 0 Å². The van der Waals surface area contributed by atoms with Crippen molar-refractivity contribution in [2.75, 3.05) is 48.4 Å². The Morgan fingerprint density at radius 2 is 2.00 bits per heavy atom. The molecule has 2 aromatic heterocycles. The van der Waals surface area contributed by atoms with Crippen LogP contribution in [0.15, 0.2) is 12.4 Å². The third-order valence-electron chi connectivity index (χ3n) is 6.53. The molecule has 5 rings (SSSR count). The SMILES string of the molecule is C[C@H]1COCCN1c1nc(-c2cnc(N)nc2)c2c(n1)N(C1CC(COC(N)=O)C1)CC2. The largest absolute Gasteiger partial charge is 0.449 e. The highest BCUT2D eigenvalue weighted by atomic mass is 16.5. The van der Waals surface area contributed by atoms with Gasteiger partial charge >= 0.3 is 6.09 Å². The molecule has 4 N–H and O–H groups in total. The van der Waals surface area contributed by atoms with Gasteiger partial charge in [0.2, 0.25) is 11.9 Å². The first kappa shape index (κ1) is 20.7. The van der Waals surface area contributed by atoms with E-state index in [2.05, 4.69) is 26.7 Å². The number of amides is 1. The number of fused-ring (bicyclic) bond motifs is 1. The van der Waals surface area contributed by atoms with Crippen molar-refractivity contribution in [1.82, 2.24) is 19.9 Å². The van der Waals surface area contributed by atoms with E-state index >= 15 is 0 Å². The maximum Gasteiger partial charge on any atom is 0.404 e. The summed E-state index contributed by atoms with van der Waals surface area (Å²) in [4.78, 5) is 33.8. The molecule has 11 heteroatoms. The van der Waals surface area contributed by atoms with E-state index in [1.54, 1.807) is 12.4 Å². The number of primary amides is 1. The van der Waals surface area contributed by atoms with Gasteiger partial charge in [-0.05, 0) is 32.1 Å². The number of carbonyl (C=O) groups excluding carboxylic acids is 1. The van der Waals surface area contributed by atoms with Gasteiger partial charge in [-0.2, -0.15) is 4.98 Å². The van der Waals surface area contributed by atoms with E-state index in [1.165, 1.54) is 0 Å². The van der Waals surface area contributed by atoms with Crippen molar-refractivity contribution in [3.8, 4) is 11.3 Å². The van der Waals surface area contributed by atoms with E-state index in [1.807, 2.05) is 0 Å². The summed E-state index contributed by atoms with van der Waals surface area (Å²) in [6.07, 6.45) is 5.47. The summed E-state index contributed by atoms with van der Waals surface area (Å²) in [6.45, 7) is 5.42. The molecular formula is C21H28N8O3. The fraction of sp³-hybridized carbons (Fsp3) is 0.571. The molecule has 0 unspecified atom stereocenters. The number of anilines is 3. The van der Waals surface area contributed by atoms with Crippen molar-refractivity contribution >= 4 is 23.8 Å². The lowest BCUT2D eigenvalue weighted by Crippen LogP contribution is -2.47. The van der Waals surface area contributed by atoms with Crippen molar-refractivity contribution in [2.24, 2.45) is 11.7 Å². The average Bonchev–Trinajstić information content (AvgIpc) is 3.16. The van der Waals surface area contributed by atoms with Crippen LogP contribution in [-0.2, 0) is 15.9 Å². The van der Waals surface area contributed by atoms with Crippen molar-refractivity contribution in [3.05, 3.63) is 18.0 Å². The Hall–Kier alpha value is -3.21. The van der Waals surface area contributed by atoms with Crippen molar-refractivity contribution in [3.63, 3.8) is 0 Å². The first-order valence-electron chi connectivity index (χ1n) is 11.0. The number of carbonyl (C=O) groups is 1. The molecule has 1 amide bonds. The third-order valence-corrected chi connectivity index (χ3v) is 6.53. The van der Waals surface area contributed by atoms with E-state index in [0.29, 0.717) is 37.7 Å². The minimum absolute atomic E-state index is 0.186. The maximum absolute atomic E-state index is 10.9. The van der Waals surface area contributed by atoms with Gasteiger partial charge in [-0.3, -0.25) is 0 Å². The van der Waals surface area contributed by atoms with Crippen molar-refractivity contribution in [1.29, 1.82) is 0 Å². The number of nitrogens with zero attached hydrogens (tertiary/aromatic N) is 6. The van der Waals surface area contributed by atoms with Crippen LogP contribution in [0.2, 0.25) is 0 Å². The molecule has 4 heterocycles. The molecule has 0 spiro atoms. The predicted octanol–water partition coefficient (Wildman–Crippen LogP) is 0.977. The zero-order valence-corrected chi connectivity index (χ0v) is 18.1. The minimum atomic E-state index is -0.715. The normalized spacial score (nSPS) is 24.7. The zero-order valence-electron chi connectivity index (χ0n) is 18.1. The molecule has 1 saturated heterocycles. The summed E-state index contributed by atoms with van der Waals surface area (Å²) < 4.78 is 10.6. The average molecular weight is 441 g/mol. The first-order chi connectivity index (χ1) is 15.5. The molecule has 0 radical (unpaired) electrons. The van der Waals surface area contributed by atoms with E-state index in [9.17, 15) is 4.79 Å². The number of hydrogen-bond acceptors (Lipinski definition) is 10. The topological polar surface area (TPSA) is 146 Å². The fourth-order valence-corrected chi connectivity index (χ4v) is 4.76. The van der Waals surface area contributed by atoms with Crippen LogP contribution in [0.4, 0.5) is 22.5 Å². The molecule has 0 aromatic carbocycles. The number of nitrogens with two attached hydrogens (primary N) is 2. The molecule has 1 saturated carbocycles. The highest BCUT2D eigenvalue weighted by molar-refractivity contribution is 5.73. The maximum atomic E-state index is 10.9. The number of ether oxygens (including phenoxy) is 2. The quantitative estimate of drug-likeness (QED) is 0.690. The van der Waals surface area contributed by atoms with Crippen LogP contribution in [0.1, 0.15) is 25.3 Å². The van der Waals surface area contributed by atoms with Gasteiger partial charge in [0.25, 0.3) is 0 Å². The van der Waals surface area contributed by atoms with Crippen LogP contribution in [0, 0.1) is 5.92 Å². The van der Waals surface area contributed by atoms with Crippen LogP contribution < -0.4 is 21.3 Å². The Morgan fingerprint density at radius 1 is 1.22 bits per heavy atom. The van der Waals surface area contributed by atoms with Gasteiger partial charge in [0.1, 0.15) is 5.82 Å². The lowest BCUT2D eigenvalue weighted by atomic mass is 9.80. The summed E-state index contributed by atoms with van der Waals surface area (Å²) in [5, 5.41) is 0. The first-order valence-corrected chi connectivity index (χ1v) is 11.0. The van der Waals surface area contributed by atoms with Crippen molar-refractivity contribution in [2.45, 2.75) is 38.3 Å². The molecule has 2 aromatic rings. The summed E-state index contributed by atoms with van der Waals surface area (Å²) in [5.74, 6) is 2.25. The number of aromatic nitrogens is 4. The third kappa shape index (κ3) is 3.88. The van der Waals surface area contributed by atoms with E-state index in [-0.39, 0.29) is 12.0 Å². The highest BCUT2D eigenvalue weighted by Gasteiger charge is 2.39. The van der Waals surface area contributed by atoms with Gasteiger partial charge < -0.3 is 30.7 Å². The van der Waals surface area contributed by atoms with Crippen LogP contribution in [-0.4, -0.2) is 71.0 Å². The molecule has 1 aliphatic carbocycles. The lowest BCUT2D eigenvalue weighted by Gasteiger charge is -2.42. The number of morpholine rings is 1. The summed E-state index contributed by atoms with van der Waals surface area (Å²) in [7, 11) is 0. The second kappa shape index (κ2) is 8.38. The molecule has 32 heavy (non-hydrogen) atoms. The Labute approximate surface area is 186 Å². The monoisotopic (exact) mass is 440 g/mol. The van der Waals surface area contributed by atoms with E-state index in [4.69, 9.17) is 30.9 Å². The molecule has 0 bridgehead atoms. The van der Waals surface area contributed by atoms with Crippen LogP contribution in [0.5, 0.6) is 0 Å². The molecule has 3 aliphatic rings. The van der Waals surface area contributed by atoms with Gasteiger partial charge in [-0.15, -0.1) is 0 Å². The van der Waals surface area contributed by atoms with E-state index < -0.39 is 6.09 Å². The van der Waals surface area contributed by atoms with Crippen LogP contribution >= 0.6 is 0 Å². The molecule has 2 aliphatic heterocycles. The zero-order chi connectivity index (χ0) is 22.2. The smallest absolute Gasteiger partial charge is 0.404 e. The number of rotatable bonds is 5. The lowest BCUT2D eigenvalue weighted by molar-refractivity contribution is 0.0980. The number of hydrogen-bond donors (Lipinski definition) is 2. The Balaban J connectivity index is 1.46. The molecule has 2 fully saturated rings. The second-order valence-corrected chi connectivity index (χ2v) is 8.69. The summed E-state index contributed by atoms with van der Waals surface area (Å²) in [5.41, 5.74) is 13.6. The second-order valence-electron chi connectivity index (χ2n) is 8.69. The fourth-order valence-electron chi connectivity index (χ4n) is 4.76. The summed E-state index contributed by atoms with van der Waals surface area (Å²) >= 11 is 0. The molecule has 1 atom stereocenters. The molecular weight excluding hydrogens is 412 g/mol. The molecule has 170 valence electrons. The van der Waals surface area contributed by atoms with Crippen molar-refractivity contribution < 1.29 is 14.3 Å². The standard InChI is InChI=1S/C21H28N8O3/c1-12-10-31-5-4-28(12)21-26-17(14-8-24-19(22)25-9-14)16-2-3-29(18(16)27-21)15-6-13(7-15)11-32-20(23)30/h8-9,12-13,15H,2-7,10-11H2,1H3,(H2,23,30)(H2,22,24,25)/t12-,13?,15?/m0/s1. The predicted molar refractivity (Wildman–Crippen MR) is 118 cm³/mol. The number of nitrogen functional groups attached to an aromatic ring is 1. The van der Waals surface area contributed by atoms with E-state index in [0.717, 1.165) is 55.0 Å². The van der Waals surface area contributed by atoms with Gasteiger partial charge in [-0.1, -0.05) is 0 Å².